The van der Waals surface area contributed by atoms with Gasteiger partial charge in [-0.15, -0.1) is 0 Å². The summed E-state index contributed by atoms with van der Waals surface area (Å²) in [6.45, 7) is 0.536. The van der Waals surface area contributed by atoms with Crippen molar-refractivity contribution < 1.29 is 22.7 Å². The maximum atomic E-state index is 12.6. The summed E-state index contributed by atoms with van der Waals surface area (Å²) in [5.41, 5.74) is 1.88. The van der Waals surface area contributed by atoms with Gasteiger partial charge < -0.3 is 20.1 Å². The van der Waals surface area contributed by atoms with E-state index in [0.29, 0.717) is 39.5 Å². The zero-order chi connectivity index (χ0) is 21.6. The van der Waals surface area contributed by atoms with Crippen LogP contribution in [0.15, 0.2) is 41.4 Å². The molecule has 0 aliphatic carbocycles. The molecule has 1 fully saturated rings. The van der Waals surface area contributed by atoms with Crippen LogP contribution in [-0.4, -0.2) is 49.1 Å². The Bertz CT molecular complexity index is 1200. The number of carbonyl (C=O) groups excluding carboxylic acids is 1. The van der Waals surface area contributed by atoms with E-state index in [1.807, 2.05) is 18.2 Å². The lowest BCUT2D eigenvalue weighted by atomic mass is 10.1. The molecule has 0 aromatic heterocycles. The van der Waals surface area contributed by atoms with Crippen LogP contribution in [0, 0.1) is 0 Å². The molecule has 0 unspecified atom stereocenters. The molecule has 2 atom stereocenters. The highest BCUT2D eigenvalue weighted by molar-refractivity contribution is 8.15. The van der Waals surface area contributed by atoms with Gasteiger partial charge in [0, 0.05) is 17.4 Å². The van der Waals surface area contributed by atoms with Crippen LogP contribution in [0.3, 0.4) is 0 Å². The second-order valence-corrected chi connectivity index (χ2v) is 11.2. The molecular formula is C20H18ClN3O5S2. The van der Waals surface area contributed by atoms with E-state index in [4.69, 9.17) is 21.1 Å². The number of hydrogen-bond donors (Lipinski definition) is 2. The summed E-state index contributed by atoms with van der Waals surface area (Å²) >= 11 is 7.69. The van der Waals surface area contributed by atoms with Crippen molar-refractivity contribution in [2.45, 2.75) is 17.8 Å². The Hall–Kier alpha value is -2.43. The van der Waals surface area contributed by atoms with Gasteiger partial charge in [0.25, 0.3) is 5.91 Å². The summed E-state index contributed by atoms with van der Waals surface area (Å²) in [6.07, 6.45) is 0. The third kappa shape index (κ3) is 4.32. The van der Waals surface area contributed by atoms with E-state index in [1.165, 1.54) is 11.8 Å². The number of aliphatic imine (C=N–C) groups is 1. The van der Waals surface area contributed by atoms with Gasteiger partial charge >= 0.3 is 0 Å². The number of benzene rings is 2. The predicted molar refractivity (Wildman–Crippen MR) is 120 cm³/mol. The zero-order valence-electron chi connectivity index (χ0n) is 16.1. The average molecular weight is 480 g/mol. The van der Waals surface area contributed by atoms with Crippen molar-refractivity contribution in [1.29, 1.82) is 0 Å². The number of amides is 1. The minimum atomic E-state index is -3.01. The van der Waals surface area contributed by atoms with Crippen LogP contribution in [0.4, 0.5) is 5.69 Å². The van der Waals surface area contributed by atoms with Crippen LogP contribution < -0.4 is 20.1 Å². The first kappa shape index (κ1) is 20.5. The highest BCUT2D eigenvalue weighted by atomic mass is 35.5. The van der Waals surface area contributed by atoms with Gasteiger partial charge in [0.05, 0.1) is 28.3 Å². The van der Waals surface area contributed by atoms with Crippen LogP contribution in [0.1, 0.15) is 15.9 Å². The van der Waals surface area contributed by atoms with E-state index in [2.05, 4.69) is 15.6 Å². The van der Waals surface area contributed by atoms with E-state index in [9.17, 15) is 13.2 Å². The summed E-state index contributed by atoms with van der Waals surface area (Å²) in [6, 6.07) is 10.2. The number of thioether (sulfide) groups is 1. The maximum absolute atomic E-state index is 12.6. The summed E-state index contributed by atoms with van der Waals surface area (Å²) in [7, 11) is -3.01. The normalized spacial score (nSPS) is 22.7. The summed E-state index contributed by atoms with van der Waals surface area (Å²) in [5.74, 6) is 1.32. The Morgan fingerprint density at radius 1 is 1.16 bits per heavy atom. The van der Waals surface area contributed by atoms with Crippen molar-refractivity contribution >= 4 is 50.0 Å². The molecule has 11 heteroatoms. The third-order valence-corrected chi connectivity index (χ3v) is 8.65. The van der Waals surface area contributed by atoms with Crippen molar-refractivity contribution in [3.05, 3.63) is 52.5 Å². The predicted octanol–water partition coefficient (Wildman–Crippen LogP) is 2.68. The Morgan fingerprint density at radius 3 is 2.84 bits per heavy atom. The standard InChI is InChI=1S/C20H18ClN3O5S2/c21-13-3-2-12(19(25)22-7-11-1-4-16-17(5-11)29-10-28-16)6-14(13)23-20-24-15-8-31(26,27)9-18(15)30-20/h1-6,15,18H,7-10H2,(H,22,25)(H,23,24)/t15-,18-/m1/s1. The quantitative estimate of drug-likeness (QED) is 0.694. The van der Waals surface area contributed by atoms with Crippen LogP contribution in [0.5, 0.6) is 11.5 Å². The first-order chi connectivity index (χ1) is 14.9. The van der Waals surface area contributed by atoms with Gasteiger partial charge in [0.15, 0.2) is 26.5 Å². The fourth-order valence-corrected chi connectivity index (χ4v) is 7.46. The van der Waals surface area contributed by atoms with Crippen LogP contribution in [-0.2, 0) is 16.4 Å². The molecule has 3 aliphatic rings. The molecule has 162 valence electrons. The van der Waals surface area contributed by atoms with Crippen molar-refractivity contribution in [1.82, 2.24) is 5.32 Å². The fourth-order valence-electron chi connectivity index (χ4n) is 3.63. The highest BCUT2D eigenvalue weighted by Crippen LogP contribution is 2.36. The first-order valence-electron chi connectivity index (χ1n) is 9.54. The number of anilines is 1. The molecule has 3 aliphatic heterocycles. The Morgan fingerprint density at radius 2 is 2.00 bits per heavy atom. The number of ether oxygens (including phenoxy) is 2. The monoisotopic (exact) mass is 479 g/mol. The molecule has 31 heavy (non-hydrogen) atoms. The molecule has 3 heterocycles. The molecule has 0 saturated carbocycles. The minimum absolute atomic E-state index is 0.0699. The second-order valence-electron chi connectivity index (χ2n) is 7.42. The number of amidine groups is 1. The number of fused-ring (bicyclic) bond motifs is 2. The van der Waals surface area contributed by atoms with E-state index < -0.39 is 9.84 Å². The summed E-state index contributed by atoms with van der Waals surface area (Å²) < 4.78 is 34.1. The molecular weight excluding hydrogens is 462 g/mol. The SMILES string of the molecule is O=C(NCc1ccc2c(c1)OCO2)c1ccc(Cl)c(NC2=N[C@@H]3CS(=O)(=O)C[C@H]3S2)c1. The topological polar surface area (TPSA) is 106 Å². The smallest absolute Gasteiger partial charge is 0.251 e. The van der Waals surface area contributed by atoms with Crippen LogP contribution in [0.25, 0.3) is 0 Å². The molecule has 0 radical (unpaired) electrons. The number of sulfone groups is 1. The summed E-state index contributed by atoms with van der Waals surface area (Å²) in [4.78, 5) is 17.1. The summed E-state index contributed by atoms with van der Waals surface area (Å²) in [5, 5.41) is 7.01. The van der Waals surface area contributed by atoms with Gasteiger partial charge in [-0.3, -0.25) is 9.79 Å². The Kier molecular flexibility index (Phi) is 5.23. The molecule has 1 amide bonds. The van der Waals surface area contributed by atoms with Crippen molar-refractivity contribution in [3.63, 3.8) is 0 Å². The van der Waals surface area contributed by atoms with Gasteiger partial charge in [0.2, 0.25) is 6.79 Å². The number of hydrogen-bond acceptors (Lipinski definition) is 8. The first-order valence-corrected chi connectivity index (χ1v) is 12.6. The van der Waals surface area contributed by atoms with Gasteiger partial charge in [0.1, 0.15) is 0 Å². The third-order valence-electron chi connectivity index (χ3n) is 5.18. The van der Waals surface area contributed by atoms with Gasteiger partial charge in [-0.1, -0.05) is 29.4 Å². The van der Waals surface area contributed by atoms with Gasteiger partial charge in [-0.2, -0.15) is 0 Å². The van der Waals surface area contributed by atoms with Crippen LogP contribution in [0.2, 0.25) is 5.02 Å². The Balaban J connectivity index is 1.25. The van der Waals surface area contributed by atoms with Gasteiger partial charge in [-0.05, 0) is 35.9 Å². The van der Waals surface area contributed by atoms with Crippen molar-refractivity contribution in [2.75, 3.05) is 23.6 Å². The van der Waals surface area contributed by atoms with Crippen molar-refractivity contribution in [2.24, 2.45) is 4.99 Å². The molecule has 1 saturated heterocycles. The van der Waals surface area contributed by atoms with E-state index >= 15 is 0 Å². The Labute approximate surface area is 188 Å². The number of carbonyl (C=O) groups is 1. The number of halogens is 1. The molecule has 8 nitrogen and oxygen atoms in total. The van der Waals surface area contributed by atoms with E-state index in [0.717, 1.165) is 5.56 Å². The number of rotatable bonds is 4. The van der Waals surface area contributed by atoms with E-state index in [1.54, 1.807) is 18.2 Å². The van der Waals surface area contributed by atoms with Crippen LogP contribution >= 0.6 is 23.4 Å². The molecule has 2 N–H and O–H groups in total. The van der Waals surface area contributed by atoms with Gasteiger partial charge in [-0.25, -0.2) is 8.42 Å². The fraction of sp³-hybridized carbons (Fsp3) is 0.300. The lowest BCUT2D eigenvalue weighted by Gasteiger charge is -2.11. The molecule has 0 spiro atoms. The molecule has 2 aromatic rings. The minimum Gasteiger partial charge on any atom is -0.454 e. The second kappa shape index (κ2) is 7.92. The lowest BCUT2D eigenvalue weighted by molar-refractivity contribution is 0.0951. The zero-order valence-corrected chi connectivity index (χ0v) is 18.5. The van der Waals surface area contributed by atoms with Crippen molar-refractivity contribution in [3.8, 4) is 11.5 Å². The average Bonchev–Trinajstić information content (AvgIpc) is 3.39. The van der Waals surface area contributed by atoms with E-state index in [-0.39, 0.29) is 35.5 Å². The number of nitrogens with one attached hydrogen (secondary N) is 2. The molecule has 0 bridgehead atoms. The lowest BCUT2D eigenvalue weighted by Crippen LogP contribution is -2.23. The number of nitrogens with zero attached hydrogens (tertiary/aromatic N) is 1. The maximum Gasteiger partial charge on any atom is 0.251 e. The largest absolute Gasteiger partial charge is 0.454 e. The molecule has 5 rings (SSSR count). The molecule has 2 aromatic carbocycles. The highest BCUT2D eigenvalue weighted by Gasteiger charge is 2.42.